The maximum atomic E-state index is 5.99. The van der Waals surface area contributed by atoms with E-state index in [9.17, 15) is 0 Å². The summed E-state index contributed by atoms with van der Waals surface area (Å²) in [7, 11) is 3.67. The minimum absolute atomic E-state index is 0.149. The van der Waals surface area contributed by atoms with Crippen molar-refractivity contribution in [3.63, 3.8) is 0 Å². The van der Waals surface area contributed by atoms with E-state index in [4.69, 9.17) is 33.1 Å². The fourth-order valence-electron chi connectivity index (χ4n) is 3.90. The van der Waals surface area contributed by atoms with Gasteiger partial charge in [0.25, 0.3) is 0 Å². The van der Waals surface area contributed by atoms with Gasteiger partial charge in [0, 0.05) is 18.2 Å². The second-order valence-electron chi connectivity index (χ2n) is 7.93. The van der Waals surface area contributed by atoms with Crippen LogP contribution >= 0.6 is 0 Å². The van der Waals surface area contributed by atoms with E-state index >= 15 is 0 Å². The fourth-order valence-corrected chi connectivity index (χ4v) is 3.90. The summed E-state index contributed by atoms with van der Waals surface area (Å²) in [6.45, 7) is 6.06. The van der Waals surface area contributed by atoms with Gasteiger partial charge in [-0.25, -0.2) is 4.98 Å². The number of hydrogen-bond acceptors (Lipinski definition) is 8. The smallest absolute Gasteiger partial charge is 0.231 e. The molecule has 0 N–H and O–H groups in total. The van der Waals surface area contributed by atoms with Gasteiger partial charge in [0.1, 0.15) is 19.0 Å². The Balaban J connectivity index is 1.35. The lowest BCUT2D eigenvalue weighted by atomic mass is 10.1. The number of fused-ring (bicyclic) bond motifs is 2. The Morgan fingerprint density at radius 3 is 2.66 bits per heavy atom. The third-order valence-electron chi connectivity index (χ3n) is 5.91. The molecule has 0 aliphatic carbocycles. The molecular weight excluding hydrogens is 412 g/mol. The lowest BCUT2D eigenvalue weighted by Crippen LogP contribution is -2.23. The summed E-state index contributed by atoms with van der Waals surface area (Å²) < 4.78 is 33.8. The van der Waals surface area contributed by atoms with E-state index < -0.39 is 0 Å². The van der Waals surface area contributed by atoms with Gasteiger partial charge in [-0.2, -0.15) is 0 Å². The molecule has 1 aromatic heterocycles. The zero-order valence-electron chi connectivity index (χ0n) is 18.6. The van der Waals surface area contributed by atoms with Crippen LogP contribution in [0.2, 0.25) is 0 Å². The highest BCUT2D eigenvalue weighted by molar-refractivity contribution is 5.66. The van der Waals surface area contributed by atoms with Crippen molar-refractivity contribution in [2.24, 2.45) is 0 Å². The molecule has 168 valence electrons. The topological polar surface area (TPSA) is 75.4 Å². The van der Waals surface area contributed by atoms with Crippen molar-refractivity contribution in [1.82, 2.24) is 9.88 Å². The molecule has 0 bridgehead atoms. The van der Waals surface area contributed by atoms with Gasteiger partial charge in [-0.05, 0) is 50.7 Å². The third-order valence-corrected chi connectivity index (χ3v) is 5.91. The molecule has 3 aromatic rings. The van der Waals surface area contributed by atoms with Crippen molar-refractivity contribution < 1.29 is 28.1 Å². The van der Waals surface area contributed by atoms with Crippen LogP contribution in [0.1, 0.15) is 30.0 Å². The Hall–Kier alpha value is -3.39. The summed E-state index contributed by atoms with van der Waals surface area (Å²) in [4.78, 5) is 6.98. The van der Waals surface area contributed by atoms with Gasteiger partial charge in [-0.15, -0.1) is 0 Å². The predicted molar refractivity (Wildman–Crippen MR) is 117 cm³/mol. The van der Waals surface area contributed by atoms with Crippen molar-refractivity contribution in [3.05, 3.63) is 47.3 Å². The van der Waals surface area contributed by atoms with Crippen LogP contribution < -0.4 is 23.7 Å². The lowest BCUT2D eigenvalue weighted by Gasteiger charge is -2.26. The molecule has 32 heavy (non-hydrogen) atoms. The zero-order valence-corrected chi connectivity index (χ0v) is 18.6. The van der Waals surface area contributed by atoms with Crippen molar-refractivity contribution in [2.75, 3.05) is 34.2 Å². The summed E-state index contributed by atoms with van der Waals surface area (Å²) in [5.41, 5.74) is 2.81. The van der Waals surface area contributed by atoms with E-state index in [1.165, 1.54) is 0 Å². The maximum absolute atomic E-state index is 5.99. The van der Waals surface area contributed by atoms with E-state index in [1.54, 1.807) is 7.11 Å². The molecule has 0 amide bonds. The van der Waals surface area contributed by atoms with Gasteiger partial charge in [0.05, 0.1) is 12.8 Å². The van der Waals surface area contributed by atoms with Gasteiger partial charge < -0.3 is 28.1 Å². The van der Waals surface area contributed by atoms with Gasteiger partial charge in [0.15, 0.2) is 23.0 Å². The number of rotatable bonds is 6. The minimum atomic E-state index is 0.149. The van der Waals surface area contributed by atoms with Crippen LogP contribution in [0.25, 0.3) is 11.5 Å². The fraction of sp³-hybridized carbons (Fsp3) is 0.375. The standard InChI is InChI=1S/C24H26N2O6/c1-14(16-5-6-19-20(9-16)29-8-7-28-19)26(3)12-18-15(2)32-24(25-18)17-10-21(27-4)23-22(11-17)30-13-31-23/h5-6,9-11,14H,7-8,12-13H2,1-4H3. The Morgan fingerprint density at radius 1 is 1.03 bits per heavy atom. The van der Waals surface area contributed by atoms with Crippen LogP contribution in [-0.4, -0.2) is 44.0 Å². The van der Waals surface area contributed by atoms with E-state index in [2.05, 4.69) is 31.0 Å². The highest BCUT2D eigenvalue weighted by Crippen LogP contribution is 2.44. The SMILES string of the molecule is COc1cc(-c2nc(CN(C)C(C)c3ccc4c(c3)OCCO4)c(C)o2)cc2c1OCO2. The van der Waals surface area contributed by atoms with Crippen molar-refractivity contribution in [3.8, 4) is 40.2 Å². The van der Waals surface area contributed by atoms with E-state index in [0.29, 0.717) is 42.9 Å². The first kappa shape index (κ1) is 20.5. The Morgan fingerprint density at radius 2 is 1.84 bits per heavy atom. The largest absolute Gasteiger partial charge is 0.493 e. The van der Waals surface area contributed by atoms with Crippen LogP contribution in [0.15, 0.2) is 34.7 Å². The molecule has 2 aromatic carbocycles. The van der Waals surface area contributed by atoms with Crippen LogP contribution in [0.3, 0.4) is 0 Å². The number of aryl methyl sites for hydroxylation is 1. The molecule has 2 aliphatic rings. The average molecular weight is 438 g/mol. The maximum Gasteiger partial charge on any atom is 0.231 e. The molecule has 0 saturated carbocycles. The molecule has 0 radical (unpaired) electrons. The van der Waals surface area contributed by atoms with Gasteiger partial charge in [-0.1, -0.05) is 6.07 Å². The third kappa shape index (κ3) is 3.71. The number of hydrogen-bond donors (Lipinski definition) is 0. The lowest BCUT2D eigenvalue weighted by molar-refractivity contribution is 0.170. The van der Waals surface area contributed by atoms with E-state index in [0.717, 1.165) is 34.1 Å². The molecule has 5 rings (SSSR count). The molecular formula is C24H26N2O6. The monoisotopic (exact) mass is 438 g/mol. The molecule has 3 heterocycles. The number of oxazole rings is 1. The molecule has 8 heteroatoms. The first-order valence-corrected chi connectivity index (χ1v) is 10.6. The number of ether oxygens (including phenoxy) is 5. The molecule has 1 atom stereocenters. The minimum Gasteiger partial charge on any atom is -0.493 e. The highest BCUT2D eigenvalue weighted by Gasteiger charge is 2.24. The summed E-state index contributed by atoms with van der Waals surface area (Å²) in [5, 5.41) is 0. The number of benzene rings is 2. The van der Waals surface area contributed by atoms with Crippen LogP contribution in [0, 0.1) is 6.92 Å². The summed E-state index contributed by atoms with van der Waals surface area (Å²) in [6, 6.07) is 9.97. The summed E-state index contributed by atoms with van der Waals surface area (Å²) >= 11 is 0. The summed E-state index contributed by atoms with van der Waals surface area (Å²) in [5.74, 6) is 4.72. The second-order valence-corrected chi connectivity index (χ2v) is 7.93. The first-order chi connectivity index (χ1) is 15.5. The molecule has 0 saturated heterocycles. The van der Waals surface area contributed by atoms with Crippen molar-refractivity contribution in [2.45, 2.75) is 26.4 Å². The van der Waals surface area contributed by atoms with Gasteiger partial charge in [-0.3, -0.25) is 4.90 Å². The molecule has 8 nitrogen and oxygen atoms in total. The predicted octanol–water partition coefficient (Wildman–Crippen LogP) is 4.35. The van der Waals surface area contributed by atoms with Crippen molar-refractivity contribution >= 4 is 0 Å². The Labute approximate surface area is 186 Å². The molecule has 0 fully saturated rings. The summed E-state index contributed by atoms with van der Waals surface area (Å²) in [6.07, 6.45) is 0. The number of aromatic nitrogens is 1. The van der Waals surface area contributed by atoms with E-state index in [-0.39, 0.29) is 12.8 Å². The molecule has 1 unspecified atom stereocenters. The normalized spacial score (nSPS) is 15.2. The number of methoxy groups -OCH3 is 1. The van der Waals surface area contributed by atoms with E-state index in [1.807, 2.05) is 25.1 Å². The Bertz CT molecular complexity index is 1140. The first-order valence-electron chi connectivity index (χ1n) is 10.6. The van der Waals surface area contributed by atoms with Crippen LogP contribution in [0.4, 0.5) is 0 Å². The molecule has 0 spiro atoms. The average Bonchev–Trinajstić information content (AvgIpc) is 3.44. The highest BCUT2D eigenvalue weighted by atomic mass is 16.7. The van der Waals surface area contributed by atoms with Crippen LogP contribution in [-0.2, 0) is 6.54 Å². The van der Waals surface area contributed by atoms with Crippen LogP contribution in [0.5, 0.6) is 28.7 Å². The van der Waals surface area contributed by atoms with Crippen molar-refractivity contribution in [1.29, 1.82) is 0 Å². The second kappa shape index (κ2) is 8.27. The molecule has 2 aliphatic heterocycles. The zero-order chi connectivity index (χ0) is 22.2. The van der Waals surface area contributed by atoms with Gasteiger partial charge in [0.2, 0.25) is 18.4 Å². The number of nitrogens with zero attached hydrogens (tertiary/aromatic N) is 2. The van der Waals surface area contributed by atoms with Gasteiger partial charge >= 0.3 is 0 Å². The Kier molecular flexibility index (Phi) is 5.30. The quantitative estimate of drug-likeness (QED) is 0.562.